The number of nitrogens with zero attached hydrogens (tertiary/aromatic N) is 2. The minimum atomic E-state index is 0.199. The Morgan fingerprint density at radius 2 is 1.81 bits per heavy atom. The van der Waals surface area contributed by atoms with Gasteiger partial charge in [0.1, 0.15) is 12.1 Å². The Kier molecular flexibility index (Phi) is 3.57. The average molecular weight is 277 g/mol. The molecule has 3 nitrogen and oxygen atoms in total. The molecule has 0 saturated carbocycles. The first-order valence-corrected chi connectivity index (χ1v) is 7.18. The van der Waals surface area contributed by atoms with Gasteiger partial charge in [0, 0.05) is 5.39 Å². The molecule has 0 aliphatic heterocycles. The highest BCUT2D eigenvalue weighted by Gasteiger charge is 2.11. The van der Waals surface area contributed by atoms with Crippen molar-refractivity contribution >= 4 is 16.7 Å². The van der Waals surface area contributed by atoms with Crippen molar-refractivity contribution in [1.82, 2.24) is 9.97 Å². The molecular formula is C18H19N3. The van der Waals surface area contributed by atoms with E-state index in [2.05, 4.69) is 72.5 Å². The lowest BCUT2D eigenvalue weighted by atomic mass is 10.0. The van der Waals surface area contributed by atoms with Gasteiger partial charge in [-0.3, -0.25) is 0 Å². The van der Waals surface area contributed by atoms with Crippen molar-refractivity contribution < 1.29 is 0 Å². The van der Waals surface area contributed by atoms with Crippen LogP contribution in [0.2, 0.25) is 0 Å². The van der Waals surface area contributed by atoms with Crippen LogP contribution >= 0.6 is 0 Å². The highest BCUT2D eigenvalue weighted by Crippen LogP contribution is 2.26. The van der Waals surface area contributed by atoms with Gasteiger partial charge in [0.15, 0.2) is 0 Å². The molecule has 3 rings (SSSR count). The lowest BCUT2D eigenvalue weighted by Crippen LogP contribution is -2.10. The van der Waals surface area contributed by atoms with Crippen LogP contribution in [0.4, 0.5) is 5.82 Å². The molecule has 0 aliphatic rings. The molecule has 1 heterocycles. The van der Waals surface area contributed by atoms with E-state index in [4.69, 9.17) is 0 Å². The zero-order chi connectivity index (χ0) is 14.8. The third-order valence-electron chi connectivity index (χ3n) is 3.80. The smallest absolute Gasteiger partial charge is 0.137 e. The Bertz CT molecular complexity index is 780. The minimum absolute atomic E-state index is 0.199. The Morgan fingerprint density at radius 3 is 2.62 bits per heavy atom. The SMILES string of the molecule is Cc1ccc2ncnc(NC(C)c3ccccc3C)c2c1. The van der Waals surface area contributed by atoms with Crippen molar-refractivity contribution in [1.29, 1.82) is 0 Å². The first kappa shape index (κ1) is 13.6. The van der Waals surface area contributed by atoms with Crippen molar-refractivity contribution in [2.45, 2.75) is 26.8 Å². The van der Waals surface area contributed by atoms with Crippen LogP contribution < -0.4 is 5.32 Å². The molecule has 106 valence electrons. The first-order chi connectivity index (χ1) is 10.1. The van der Waals surface area contributed by atoms with Crippen LogP contribution in [0.25, 0.3) is 10.9 Å². The fraction of sp³-hybridized carbons (Fsp3) is 0.222. The van der Waals surface area contributed by atoms with Crippen LogP contribution in [-0.2, 0) is 0 Å². The van der Waals surface area contributed by atoms with E-state index >= 15 is 0 Å². The van der Waals surface area contributed by atoms with Crippen molar-refractivity contribution in [3.63, 3.8) is 0 Å². The summed E-state index contributed by atoms with van der Waals surface area (Å²) in [5, 5.41) is 4.59. The number of rotatable bonds is 3. The van der Waals surface area contributed by atoms with Crippen molar-refractivity contribution in [3.8, 4) is 0 Å². The van der Waals surface area contributed by atoms with E-state index in [1.807, 2.05) is 6.07 Å². The molecule has 1 atom stereocenters. The second-order valence-electron chi connectivity index (χ2n) is 5.47. The standard InChI is InChI=1S/C18H19N3/c1-12-8-9-17-16(10-12)18(20-11-19-17)21-14(3)15-7-5-4-6-13(15)2/h4-11,14H,1-3H3,(H,19,20,21). The molecule has 0 saturated heterocycles. The summed E-state index contributed by atoms with van der Waals surface area (Å²) in [6.07, 6.45) is 1.62. The summed E-state index contributed by atoms with van der Waals surface area (Å²) in [6, 6.07) is 14.9. The van der Waals surface area contributed by atoms with Crippen LogP contribution in [0, 0.1) is 13.8 Å². The number of aromatic nitrogens is 2. The van der Waals surface area contributed by atoms with Crippen LogP contribution in [0.5, 0.6) is 0 Å². The highest BCUT2D eigenvalue weighted by molar-refractivity contribution is 5.89. The Balaban J connectivity index is 1.98. The summed E-state index contributed by atoms with van der Waals surface area (Å²) >= 11 is 0. The zero-order valence-electron chi connectivity index (χ0n) is 12.6. The van der Waals surface area contributed by atoms with Crippen LogP contribution in [-0.4, -0.2) is 9.97 Å². The second kappa shape index (κ2) is 5.52. The molecule has 2 aromatic carbocycles. The highest BCUT2D eigenvalue weighted by atomic mass is 15.0. The van der Waals surface area contributed by atoms with E-state index in [0.717, 1.165) is 16.7 Å². The number of aryl methyl sites for hydroxylation is 2. The van der Waals surface area contributed by atoms with Gasteiger partial charge in [-0.15, -0.1) is 0 Å². The van der Waals surface area contributed by atoms with Gasteiger partial charge in [0.05, 0.1) is 11.6 Å². The Labute approximate surface area is 125 Å². The van der Waals surface area contributed by atoms with E-state index in [0.29, 0.717) is 0 Å². The number of benzene rings is 2. The van der Waals surface area contributed by atoms with Crippen LogP contribution in [0.3, 0.4) is 0 Å². The van der Waals surface area contributed by atoms with Gasteiger partial charge in [-0.2, -0.15) is 0 Å². The first-order valence-electron chi connectivity index (χ1n) is 7.18. The molecule has 3 aromatic rings. The maximum Gasteiger partial charge on any atom is 0.137 e. The summed E-state index contributed by atoms with van der Waals surface area (Å²) in [6.45, 7) is 6.38. The third kappa shape index (κ3) is 2.72. The van der Waals surface area contributed by atoms with E-state index in [9.17, 15) is 0 Å². The summed E-state index contributed by atoms with van der Waals surface area (Å²) in [5.74, 6) is 0.888. The van der Waals surface area contributed by atoms with Gasteiger partial charge in [0.25, 0.3) is 0 Å². The van der Waals surface area contributed by atoms with Crippen molar-refractivity contribution in [3.05, 3.63) is 65.5 Å². The molecule has 0 spiro atoms. The van der Waals surface area contributed by atoms with Gasteiger partial charge in [-0.25, -0.2) is 9.97 Å². The van der Waals surface area contributed by atoms with Crippen molar-refractivity contribution in [2.75, 3.05) is 5.32 Å². The molecule has 1 aromatic heterocycles. The van der Waals surface area contributed by atoms with E-state index in [1.54, 1.807) is 6.33 Å². The number of hydrogen-bond donors (Lipinski definition) is 1. The van der Waals surface area contributed by atoms with E-state index < -0.39 is 0 Å². The molecule has 21 heavy (non-hydrogen) atoms. The van der Waals surface area contributed by atoms with Gasteiger partial charge in [-0.05, 0) is 44.0 Å². The zero-order valence-corrected chi connectivity index (χ0v) is 12.6. The molecule has 0 fully saturated rings. The number of hydrogen-bond acceptors (Lipinski definition) is 3. The lowest BCUT2D eigenvalue weighted by Gasteiger charge is -2.18. The third-order valence-corrected chi connectivity index (χ3v) is 3.80. The summed E-state index contributed by atoms with van der Waals surface area (Å²) in [7, 11) is 0. The minimum Gasteiger partial charge on any atom is -0.363 e. The predicted molar refractivity (Wildman–Crippen MR) is 87.5 cm³/mol. The molecule has 0 radical (unpaired) electrons. The van der Waals surface area contributed by atoms with Crippen LogP contribution in [0.15, 0.2) is 48.8 Å². The van der Waals surface area contributed by atoms with Gasteiger partial charge in [-0.1, -0.05) is 35.9 Å². The summed E-state index contributed by atoms with van der Waals surface area (Å²) in [4.78, 5) is 8.75. The molecular weight excluding hydrogens is 258 g/mol. The number of anilines is 1. The molecule has 3 heteroatoms. The molecule has 0 bridgehead atoms. The van der Waals surface area contributed by atoms with Gasteiger partial charge >= 0.3 is 0 Å². The van der Waals surface area contributed by atoms with E-state index in [1.165, 1.54) is 16.7 Å². The van der Waals surface area contributed by atoms with Gasteiger partial charge < -0.3 is 5.32 Å². The van der Waals surface area contributed by atoms with Gasteiger partial charge in [0.2, 0.25) is 0 Å². The fourth-order valence-corrected chi connectivity index (χ4v) is 2.64. The maximum atomic E-state index is 4.42. The quantitative estimate of drug-likeness (QED) is 0.770. The fourth-order valence-electron chi connectivity index (χ4n) is 2.64. The largest absolute Gasteiger partial charge is 0.363 e. The Hall–Kier alpha value is -2.42. The lowest BCUT2D eigenvalue weighted by molar-refractivity contribution is 0.866. The number of fused-ring (bicyclic) bond motifs is 1. The normalized spacial score (nSPS) is 12.3. The Morgan fingerprint density at radius 1 is 1.00 bits per heavy atom. The van der Waals surface area contributed by atoms with E-state index in [-0.39, 0.29) is 6.04 Å². The average Bonchev–Trinajstić information content (AvgIpc) is 2.48. The molecule has 1 N–H and O–H groups in total. The monoisotopic (exact) mass is 277 g/mol. The van der Waals surface area contributed by atoms with Crippen molar-refractivity contribution in [2.24, 2.45) is 0 Å². The molecule has 0 aliphatic carbocycles. The maximum absolute atomic E-state index is 4.42. The second-order valence-corrected chi connectivity index (χ2v) is 5.47. The molecule has 0 amide bonds. The summed E-state index contributed by atoms with van der Waals surface area (Å²) < 4.78 is 0. The number of nitrogens with one attached hydrogen (secondary N) is 1. The molecule has 1 unspecified atom stereocenters. The summed E-state index contributed by atoms with van der Waals surface area (Å²) in [5.41, 5.74) is 4.75. The van der Waals surface area contributed by atoms with Crippen LogP contribution in [0.1, 0.15) is 29.7 Å². The predicted octanol–water partition coefficient (Wildman–Crippen LogP) is 4.42. The topological polar surface area (TPSA) is 37.8 Å².